The van der Waals surface area contributed by atoms with Gasteiger partial charge >= 0.3 is 7.12 Å². The van der Waals surface area contributed by atoms with Gasteiger partial charge < -0.3 is 19.2 Å². The Morgan fingerprint density at radius 3 is 2.87 bits per heavy atom. The minimum atomic E-state index is -3.28. The first kappa shape index (κ1) is 21.1. The van der Waals surface area contributed by atoms with Crippen molar-refractivity contribution in [2.45, 2.75) is 44.0 Å². The quantitative estimate of drug-likeness (QED) is 0.536. The molecule has 7 nitrogen and oxygen atoms in total. The third kappa shape index (κ3) is 4.29. The maximum Gasteiger partial charge on any atom is 0.456 e. The third-order valence-corrected chi connectivity index (χ3v) is 7.75. The minimum Gasteiger partial charge on any atom is -0.459 e. The summed E-state index contributed by atoms with van der Waals surface area (Å²) >= 11 is 0. The SMILES string of the molecule is CC1=C2[C@@H](CC/C(=C/c3ccc(CO)o3)c3ccccn3)OB(O)C[C@@H]2S(=O)(=O)C1. The Bertz CT molecular complexity index is 1080. The molecular formula is C21H24BNO6S. The molecular weight excluding hydrogens is 405 g/mol. The molecule has 1 saturated heterocycles. The molecule has 158 valence electrons. The second-order valence-electron chi connectivity index (χ2n) is 7.73. The van der Waals surface area contributed by atoms with E-state index in [1.165, 1.54) is 0 Å². The highest BCUT2D eigenvalue weighted by Gasteiger charge is 2.47. The number of hydrogen-bond acceptors (Lipinski definition) is 7. The number of furan rings is 1. The Hall–Kier alpha value is -2.20. The van der Waals surface area contributed by atoms with Gasteiger partial charge in [-0.1, -0.05) is 11.6 Å². The molecule has 0 unspecified atom stereocenters. The smallest absolute Gasteiger partial charge is 0.456 e. The van der Waals surface area contributed by atoms with Crippen molar-refractivity contribution in [1.82, 2.24) is 4.98 Å². The Morgan fingerprint density at radius 1 is 1.33 bits per heavy atom. The molecule has 0 radical (unpaired) electrons. The van der Waals surface area contributed by atoms with Gasteiger partial charge in [0.15, 0.2) is 9.84 Å². The fourth-order valence-electron chi connectivity index (χ4n) is 4.28. The van der Waals surface area contributed by atoms with E-state index in [0.717, 1.165) is 22.4 Å². The van der Waals surface area contributed by atoms with Gasteiger partial charge in [0.1, 0.15) is 18.1 Å². The number of rotatable bonds is 6. The lowest BCUT2D eigenvalue weighted by atomic mass is 9.74. The largest absolute Gasteiger partial charge is 0.459 e. The summed E-state index contributed by atoms with van der Waals surface area (Å²) < 4.78 is 36.3. The Morgan fingerprint density at radius 2 is 2.17 bits per heavy atom. The zero-order valence-corrected chi connectivity index (χ0v) is 17.5. The number of aliphatic hydroxyl groups excluding tert-OH is 1. The van der Waals surface area contributed by atoms with Gasteiger partial charge in [0.25, 0.3) is 0 Å². The van der Waals surface area contributed by atoms with Crippen molar-refractivity contribution in [2.75, 3.05) is 5.75 Å². The van der Waals surface area contributed by atoms with Crippen LogP contribution in [-0.2, 0) is 21.1 Å². The summed E-state index contributed by atoms with van der Waals surface area (Å²) in [6.07, 6.45) is 4.25. The van der Waals surface area contributed by atoms with Gasteiger partial charge in [0.05, 0.1) is 22.8 Å². The predicted molar refractivity (Wildman–Crippen MR) is 114 cm³/mol. The van der Waals surface area contributed by atoms with Crippen molar-refractivity contribution in [3.63, 3.8) is 0 Å². The fourth-order valence-corrected chi connectivity index (χ4v) is 6.45. The Kier molecular flexibility index (Phi) is 5.97. The van der Waals surface area contributed by atoms with E-state index in [0.29, 0.717) is 24.4 Å². The van der Waals surface area contributed by atoms with Crippen molar-refractivity contribution in [2.24, 2.45) is 0 Å². The van der Waals surface area contributed by atoms with Crippen LogP contribution in [0.3, 0.4) is 0 Å². The third-order valence-electron chi connectivity index (χ3n) is 5.60. The van der Waals surface area contributed by atoms with Gasteiger partial charge in [-0.3, -0.25) is 4.98 Å². The molecule has 2 aliphatic heterocycles. The van der Waals surface area contributed by atoms with Crippen LogP contribution in [0.2, 0.25) is 6.32 Å². The monoisotopic (exact) mass is 429 g/mol. The Balaban J connectivity index is 1.60. The van der Waals surface area contributed by atoms with Crippen LogP contribution in [0, 0.1) is 0 Å². The van der Waals surface area contributed by atoms with Crippen LogP contribution < -0.4 is 0 Å². The van der Waals surface area contributed by atoms with E-state index < -0.39 is 28.3 Å². The topological polar surface area (TPSA) is 110 Å². The van der Waals surface area contributed by atoms with Crippen molar-refractivity contribution in [3.8, 4) is 0 Å². The van der Waals surface area contributed by atoms with Crippen LogP contribution in [0.1, 0.15) is 37.0 Å². The van der Waals surface area contributed by atoms with E-state index in [9.17, 15) is 18.5 Å². The molecule has 2 aliphatic rings. The van der Waals surface area contributed by atoms with E-state index in [1.807, 2.05) is 31.2 Å². The zero-order chi connectivity index (χ0) is 21.3. The highest BCUT2D eigenvalue weighted by Crippen LogP contribution is 2.39. The van der Waals surface area contributed by atoms with Crippen LogP contribution >= 0.6 is 0 Å². The lowest BCUT2D eigenvalue weighted by Gasteiger charge is -2.31. The molecule has 2 aromatic rings. The van der Waals surface area contributed by atoms with Crippen LogP contribution in [0.5, 0.6) is 0 Å². The van der Waals surface area contributed by atoms with Crippen molar-refractivity contribution < 1.29 is 27.6 Å². The second kappa shape index (κ2) is 8.51. The first-order valence-electron chi connectivity index (χ1n) is 9.93. The minimum absolute atomic E-state index is 0.0266. The maximum absolute atomic E-state index is 12.5. The number of nitrogens with zero attached hydrogens (tertiary/aromatic N) is 1. The summed E-state index contributed by atoms with van der Waals surface area (Å²) in [5, 5.41) is 18.7. The summed E-state index contributed by atoms with van der Waals surface area (Å²) in [5.41, 5.74) is 3.28. The highest BCUT2D eigenvalue weighted by atomic mass is 32.2. The first-order chi connectivity index (χ1) is 14.4. The molecule has 1 fully saturated rings. The van der Waals surface area contributed by atoms with Gasteiger partial charge in [0, 0.05) is 12.5 Å². The molecule has 2 atom stereocenters. The van der Waals surface area contributed by atoms with E-state index in [-0.39, 0.29) is 18.7 Å². The van der Waals surface area contributed by atoms with Crippen molar-refractivity contribution in [1.29, 1.82) is 0 Å². The molecule has 0 bridgehead atoms. The van der Waals surface area contributed by atoms with Crippen LogP contribution in [0.15, 0.2) is 52.1 Å². The van der Waals surface area contributed by atoms with Crippen LogP contribution in [0.4, 0.5) is 0 Å². The molecule has 2 aromatic heterocycles. The standard InChI is InChI=1S/C21H24BNO6S/c1-14-13-30(26,27)20-11-22(25)29-19(21(14)20)8-5-15(18-4-2-3-9-23-18)10-16-6-7-17(12-24)28-16/h2-4,6-7,9-10,19-20,24-25H,5,8,11-13H2,1H3/b15-10-/t19-,20+/m1/s1. The van der Waals surface area contributed by atoms with Gasteiger partial charge in [-0.25, -0.2) is 8.42 Å². The number of allylic oxidation sites excluding steroid dienone is 1. The molecule has 30 heavy (non-hydrogen) atoms. The number of aliphatic hydroxyl groups is 1. The number of fused-ring (bicyclic) bond motifs is 1. The zero-order valence-electron chi connectivity index (χ0n) is 16.7. The van der Waals surface area contributed by atoms with Gasteiger partial charge in [-0.2, -0.15) is 0 Å². The highest BCUT2D eigenvalue weighted by molar-refractivity contribution is 7.92. The van der Waals surface area contributed by atoms with Gasteiger partial charge in [0.2, 0.25) is 0 Å². The van der Waals surface area contributed by atoms with E-state index in [2.05, 4.69) is 4.98 Å². The molecule has 0 amide bonds. The maximum atomic E-state index is 12.5. The number of aromatic nitrogens is 1. The predicted octanol–water partition coefficient (Wildman–Crippen LogP) is 2.48. The molecule has 0 aliphatic carbocycles. The molecule has 2 N–H and O–H groups in total. The number of pyridine rings is 1. The van der Waals surface area contributed by atoms with Crippen LogP contribution in [-0.4, -0.2) is 47.8 Å². The average Bonchev–Trinajstić information content (AvgIpc) is 3.27. The molecule has 9 heteroatoms. The second-order valence-corrected chi connectivity index (χ2v) is 9.92. The summed E-state index contributed by atoms with van der Waals surface area (Å²) in [4.78, 5) is 4.43. The number of hydrogen-bond donors (Lipinski definition) is 2. The molecule has 0 spiro atoms. The Labute approximate surface area is 176 Å². The summed E-state index contributed by atoms with van der Waals surface area (Å²) in [6, 6.07) is 9.11. The average molecular weight is 429 g/mol. The van der Waals surface area contributed by atoms with E-state index >= 15 is 0 Å². The summed E-state index contributed by atoms with van der Waals surface area (Å²) in [5.74, 6) is 1.10. The lowest BCUT2D eigenvalue weighted by molar-refractivity contribution is 0.171. The first-order valence-corrected chi connectivity index (χ1v) is 11.6. The molecule has 0 saturated carbocycles. The molecule has 4 rings (SSSR count). The van der Waals surface area contributed by atoms with Gasteiger partial charge in [-0.15, -0.1) is 0 Å². The van der Waals surface area contributed by atoms with Crippen LogP contribution in [0.25, 0.3) is 11.6 Å². The van der Waals surface area contributed by atoms with Crippen molar-refractivity contribution >= 4 is 28.6 Å². The lowest BCUT2D eigenvalue weighted by Crippen LogP contribution is -2.41. The van der Waals surface area contributed by atoms with Crippen molar-refractivity contribution in [3.05, 3.63) is 64.9 Å². The van der Waals surface area contributed by atoms with E-state index in [1.54, 1.807) is 18.3 Å². The number of sulfone groups is 1. The molecule has 4 heterocycles. The fraction of sp³-hybridized carbons (Fsp3) is 0.381. The molecule has 0 aromatic carbocycles. The van der Waals surface area contributed by atoms with Gasteiger partial charge in [-0.05, 0) is 61.3 Å². The summed E-state index contributed by atoms with van der Waals surface area (Å²) in [7, 11) is -4.37. The normalized spacial score (nSPS) is 23.7. The van der Waals surface area contributed by atoms with E-state index in [4.69, 9.17) is 9.07 Å². The summed E-state index contributed by atoms with van der Waals surface area (Å²) in [6.45, 7) is 1.65.